The van der Waals surface area contributed by atoms with Crippen LogP contribution in [0.1, 0.15) is 97.3 Å². The number of rotatable bonds is 12. The van der Waals surface area contributed by atoms with Crippen LogP contribution in [-0.4, -0.2) is 18.9 Å². The summed E-state index contributed by atoms with van der Waals surface area (Å²) in [5, 5.41) is 3.40. The van der Waals surface area contributed by atoms with Gasteiger partial charge in [-0.2, -0.15) is 0 Å². The molecule has 0 aliphatic carbocycles. The molecule has 2 nitrogen and oxygen atoms in total. The number of unbranched alkanes of at least 4 members (excludes halogenated alkanes) is 7. The number of nitrogens with one attached hydrogen (secondary N) is 1. The molecule has 0 amide bonds. The maximum absolute atomic E-state index is 12.7. The molecule has 1 N–H and O–H groups in total. The molecule has 0 aromatic carbocycles. The SMILES string of the molecule is CCCCCCCCCCC(=O)C1(CCC)CCNCC1. The van der Waals surface area contributed by atoms with Crippen LogP contribution < -0.4 is 5.32 Å². The van der Waals surface area contributed by atoms with Crippen LogP contribution in [0, 0.1) is 5.41 Å². The standard InChI is InChI=1S/C19H37NO/c1-3-5-6-7-8-9-10-11-12-18(21)19(13-4-2)14-16-20-17-15-19/h20H,3-17H2,1-2H3. The van der Waals surface area contributed by atoms with Crippen molar-refractivity contribution in [1.82, 2.24) is 5.32 Å². The Morgan fingerprint density at radius 1 is 0.857 bits per heavy atom. The maximum atomic E-state index is 12.7. The van der Waals surface area contributed by atoms with Crippen LogP contribution in [-0.2, 0) is 4.79 Å². The highest BCUT2D eigenvalue weighted by atomic mass is 16.1. The topological polar surface area (TPSA) is 29.1 Å². The third-order valence-corrected chi connectivity index (χ3v) is 5.14. The predicted molar refractivity (Wildman–Crippen MR) is 91.7 cm³/mol. The summed E-state index contributed by atoms with van der Waals surface area (Å²) in [5.74, 6) is 0.567. The number of carbonyl (C=O) groups is 1. The first kappa shape index (κ1) is 18.7. The zero-order valence-electron chi connectivity index (χ0n) is 14.5. The van der Waals surface area contributed by atoms with E-state index in [4.69, 9.17) is 0 Å². The predicted octanol–water partition coefficient (Wildman–Crippen LogP) is 5.26. The Hall–Kier alpha value is -0.370. The van der Waals surface area contributed by atoms with Crippen molar-refractivity contribution in [2.45, 2.75) is 97.3 Å². The summed E-state index contributed by atoms with van der Waals surface area (Å²) in [6.45, 7) is 6.54. The Labute approximate surface area is 132 Å². The fraction of sp³-hybridized carbons (Fsp3) is 0.947. The number of ketones is 1. The summed E-state index contributed by atoms with van der Waals surface area (Å²) >= 11 is 0. The summed E-state index contributed by atoms with van der Waals surface area (Å²) in [5.41, 5.74) is 0.0289. The molecule has 21 heavy (non-hydrogen) atoms. The lowest BCUT2D eigenvalue weighted by molar-refractivity contribution is -0.131. The van der Waals surface area contributed by atoms with Crippen LogP contribution in [0.15, 0.2) is 0 Å². The van der Waals surface area contributed by atoms with Gasteiger partial charge in [0.25, 0.3) is 0 Å². The van der Waals surface area contributed by atoms with E-state index < -0.39 is 0 Å². The minimum absolute atomic E-state index is 0.0289. The van der Waals surface area contributed by atoms with Gasteiger partial charge in [0.2, 0.25) is 0 Å². The van der Waals surface area contributed by atoms with Gasteiger partial charge in [0.1, 0.15) is 5.78 Å². The van der Waals surface area contributed by atoms with Gasteiger partial charge in [0.15, 0.2) is 0 Å². The molecule has 0 aromatic rings. The van der Waals surface area contributed by atoms with Gasteiger partial charge in [-0.1, -0.05) is 65.2 Å². The molecule has 0 atom stereocenters. The highest BCUT2D eigenvalue weighted by Gasteiger charge is 2.37. The van der Waals surface area contributed by atoms with E-state index in [1.54, 1.807) is 0 Å². The Morgan fingerprint density at radius 2 is 1.43 bits per heavy atom. The van der Waals surface area contributed by atoms with E-state index in [-0.39, 0.29) is 5.41 Å². The summed E-state index contributed by atoms with van der Waals surface area (Å²) < 4.78 is 0. The number of Topliss-reactive ketones (excluding diaryl/α,β-unsaturated/α-hetero) is 1. The normalized spacial score (nSPS) is 17.8. The van der Waals surface area contributed by atoms with Crippen molar-refractivity contribution >= 4 is 5.78 Å². The molecular formula is C19H37NO. The average Bonchev–Trinajstić information content (AvgIpc) is 2.51. The third kappa shape index (κ3) is 6.95. The van der Waals surface area contributed by atoms with E-state index in [0.29, 0.717) is 5.78 Å². The molecule has 0 aromatic heterocycles. The molecule has 0 radical (unpaired) electrons. The van der Waals surface area contributed by atoms with Crippen LogP contribution in [0.3, 0.4) is 0 Å². The van der Waals surface area contributed by atoms with E-state index in [9.17, 15) is 4.79 Å². The number of piperidine rings is 1. The highest BCUT2D eigenvalue weighted by Crippen LogP contribution is 2.36. The fourth-order valence-corrected chi connectivity index (χ4v) is 3.74. The second kappa shape index (κ2) is 11.2. The van der Waals surface area contributed by atoms with Crippen LogP contribution in [0.2, 0.25) is 0 Å². The zero-order chi connectivity index (χ0) is 15.4. The van der Waals surface area contributed by atoms with Crippen molar-refractivity contribution < 1.29 is 4.79 Å². The summed E-state index contributed by atoms with van der Waals surface area (Å²) in [6, 6.07) is 0. The van der Waals surface area contributed by atoms with Gasteiger partial charge < -0.3 is 5.32 Å². The van der Waals surface area contributed by atoms with Crippen LogP contribution in [0.5, 0.6) is 0 Å². The monoisotopic (exact) mass is 295 g/mol. The smallest absolute Gasteiger partial charge is 0.139 e. The van der Waals surface area contributed by atoms with Crippen LogP contribution in [0.25, 0.3) is 0 Å². The van der Waals surface area contributed by atoms with Crippen molar-refractivity contribution in [2.24, 2.45) is 5.41 Å². The van der Waals surface area contributed by atoms with E-state index >= 15 is 0 Å². The minimum atomic E-state index is 0.0289. The third-order valence-electron chi connectivity index (χ3n) is 5.14. The Balaban J connectivity index is 2.16. The first-order chi connectivity index (χ1) is 10.2. The summed E-state index contributed by atoms with van der Waals surface area (Å²) in [6.07, 6.45) is 15.7. The number of carbonyl (C=O) groups excluding carboxylic acids is 1. The molecule has 0 unspecified atom stereocenters. The second-order valence-electron chi connectivity index (χ2n) is 6.93. The Morgan fingerprint density at radius 3 is 2.00 bits per heavy atom. The lowest BCUT2D eigenvalue weighted by Gasteiger charge is -2.36. The Kier molecular flexibility index (Phi) is 9.99. The molecule has 1 saturated heterocycles. The molecule has 0 spiro atoms. The van der Waals surface area contributed by atoms with Gasteiger partial charge in [0.05, 0.1) is 0 Å². The Bertz CT molecular complexity index is 263. The molecule has 124 valence electrons. The quantitative estimate of drug-likeness (QED) is 0.498. The van der Waals surface area contributed by atoms with Gasteiger partial charge in [-0.15, -0.1) is 0 Å². The number of hydrogen-bond donors (Lipinski definition) is 1. The summed E-state index contributed by atoms with van der Waals surface area (Å²) in [7, 11) is 0. The molecule has 1 aliphatic rings. The van der Waals surface area contributed by atoms with Crippen LogP contribution >= 0.6 is 0 Å². The van der Waals surface area contributed by atoms with Crippen LogP contribution in [0.4, 0.5) is 0 Å². The van der Waals surface area contributed by atoms with E-state index in [1.807, 2.05) is 0 Å². The van der Waals surface area contributed by atoms with Crippen molar-refractivity contribution in [2.75, 3.05) is 13.1 Å². The lowest BCUT2D eigenvalue weighted by atomic mass is 9.71. The minimum Gasteiger partial charge on any atom is -0.317 e. The van der Waals surface area contributed by atoms with Gasteiger partial charge in [-0.3, -0.25) is 4.79 Å². The molecule has 1 fully saturated rings. The van der Waals surface area contributed by atoms with Crippen molar-refractivity contribution in [1.29, 1.82) is 0 Å². The largest absolute Gasteiger partial charge is 0.317 e. The maximum Gasteiger partial charge on any atom is 0.139 e. The molecule has 1 heterocycles. The molecular weight excluding hydrogens is 258 g/mol. The van der Waals surface area contributed by atoms with Gasteiger partial charge in [0, 0.05) is 11.8 Å². The first-order valence-electron chi connectivity index (χ1n) is 9.49. The molecule has 0 bridgehead atoms. The van der Waals surface area contributed by atoms with E-state index in [1.165, 1.54) is 44.9 Å². The van der Waals surface area contributed by atoms with Crippen molar-refractivity contribution in [3.63, 3.8) is 0 Å². The summed E-state index contributed by atoms with van der Waals surface area (Å²) in [4.78, 5) is 12.7. The van der Waals surface area contributed by atoms with Gasteiger partial charge >= 0.3 is 0 Å². The first-order valence-corrected chi connectivity index (χ1v) is 9.49. The van der Waals surface area contributed by atoms with Crippen molar-refractivity contribution in [3.05, 3.63) is 0 Å². The fourth-order valence-electron chi connectivity index (χ4n) is 3.74. The number of hydrogen-bond acceptors (Lipinski definition) is 2. The van der Waals surface area contributed by atoms with Crippen molar-refractivity contribution in [3.8, 4) is 0 Å². The van der Waals surface area contributed by atoms with Gasteiger partial charge in [-0.05, 0) is 38.8 Å². The molecule has 2 heteroatoms. The second-order valence-corrected chi connectivity index (χ2v) is 6.93. The van der Waals surface area contributed by atoms with E-state index in [0.717, 1.165) is 51.6 Å². The van der Waals surface area contributed by atoms with Gasteiger partial charge in [-0.25, -0.2) is 0 Å². The lowest BCUT2D eigenvalue weighted by Crippen LogP contribution is -2.42. The highest BCUT2D eigenvalue weighted by molar-refractivity contribution is 5.84. The molecule has 0 saturated carbocycles. The molecule has 1 aliphatic heterocycles. The molecule has 1 rings (SSSR count). The van der Waals surface area contributed by atoms with E-state index in [2.05, 4.69) is 19.2 Å². The average molecular weight is 296 g/mol. The zero-order valence-corrected chi connectivity index (χ0v) is 14.5.